The average molecular weight is 497 g/mol. The molecule has 0 saturated carbocycles. The van der Waals surface area contributed by atoms with Crippen LogP contribution in [0.3, 0.4) is 0 Å². The molecular formula is C23H32N10OS. The second kappa shape index (κ2) is 9.88. The Morgan fingerprint density at radius 1 is 1.14 bits per heavy atom. The van der Waals surface area contributed by atoms with Crippen LogP contribution < -0.4 is 16.0 Å². The first kappa shape index (κ1) is 23.6. The molecular weight excluding hydrogens is 464 g/mol. The number of hydrogen-bond acceptors (Lipinski definition) is 10. The van der Waals surface area contributed by atoms with E-state index in [1.807, 2.05) is 24.0 Å². The molecule has 5 heterocycles. The van der Waals surface area contributed by atoms with Crippen LogP contribution in [0.5, 0.6) is 0 Å². The summed E-state index contributed by atoms with van der Waals surface area (Å²) >= 11 is 1.45. The number of nitrogen functional groups attached to an aromatic ring is 1. The maximum absolute atomic E-state index is 13.1. The van der Waals surface area contributed by atoms with E-state index in [1.54, 1.807) is 5.51 Å². The molecule has 0 aliphatic carbocycles. The normalized spacial score (nSPS) is 19.9. The minimum absolute atomic E-state index is 0.0545. The van der Waals surface area contributed by atoms with Crippen molar-refractivity contribution in [3.63, 3.8) is 0 Å². The van der Waals surface area contributed by atoms with Crippen LogP contribution >= 0.6 is 11.3 Å². The number of hydrogen-bond donors (Lipinski definition) is 2. The number of pyridine rings is 1. The summed E-state index contributed by atoms with van der Waals surface area (Å²) in [4.78, 5) is 40.5. The van der Waals surface area contributed by atoms with Gasteiger partial charge in [0.25, 0.3) is 0 Å². The van der Waals surface area contributed by atoms with Gasteiger partial charge in [0.2, 0.25) is 5.95 Å². The smallest absolute Gasteiger partial charge is 0.322 e. The van der Waals surface area contributed by atoms with E-state index < -0.39 is 0 Å². The molecule has 2 amide bonds. The molecule has 5 rings (SSSR count). The molecule has 2 fully saturated rings. The number of rotatable bonds is 4. The number of aryl methyl sites for hydroxylation is 1. The molecule has 0 bridgehead atoms. The maximum atomic E-state index is 13.1. The number of nitrogens with two attached hydrogens (primary N) is 1. The SMILES string of the molecule is Cc1nc(CN2CCN(C)CC2)ccc1NC(=O)N1CCN(c2nc(N)nc3scnc23)C(C)C1. The van der Waals surface area contributed by atoms with E-state index in [-0.39, 0.29) is 18.0 Å². The summed E-state index contributed by atoms with van der Waals surface area (Å²) in [5.74, 6) is 0.973. The van der Waals surface area contributed by atoms with Crippen LogP contribution in [0, 0.1) is 6.92 Å². The Bertz CT molecular complexity index is 1210. The van der Waals surface area contributed by atoms with Crippen molar-refractivity contribution in [1.29, 1.82) is 0 Å². The lowest BCUT2D eigenvalue weighted by Crippen LogP contribution is -2.55. The molecule has 1 unspecified atom stereocenters. The molecule has 2 aliphatic heterocycles. The van der Waals surface area contributed by atoms with Crippen molar-refractivity contribution in [3.8, 4) is 0 Å². The highest BCUT2D eigenvalue weighted by atomic mass is 32.1. The van der Waals surface area contributed by atoms with Crippen LogP contribution in [0.2, 0.25) is 0 Å². The molecule has 0 aromatic carbocycles. The van der Waals surface area contributed by atoms with Gasteiger partial charge in [0, 0.05) is 58.4 Å². The van der Waals surface area contributed by atoms with Crippen molar-refractivity contribution in [2.24, 2.45) is 0 Å². The number of carbonyl (C=O) groups is 1. The van der Waals surface area contributed by atoms with E-state index >= 15 is 0 Å². The molecule has 35 heavy (non-hydrogen) atoms. The summed E-state index contributed by atoms with van der Waals surface area (Å²) in [6.45, 7) is 10.9. The minimum atomic E-state index is -0.116. The molecule has 3 aromatic heterocycles. The number of carbonyl (C=O) groups excluding carboxylic acids is 1. The number of anilines is 3. The monoisotopic (exact) mass is 496 g/mol. The van der Waals surface area contributed by atoms with Gasteiger partial charge in [-0.05, 0) is 33.0 Å². The second-order valence-electron chi connectivity index (χ2n) is 9.35. The lowest BCUT2D eigenvalue weighted by molar-refractivity contribution is 0.147. The van der Waals surface area contributed by atoms with Gasteiger partial charge in [-0.25, -0.2) is 14.8 Å². The standard InChI is InChI=1S/C23H32N10OS/c1-15-12-32(10-11-33(15)20-19-21(35-14-25-19)29-22(24)28-20)23(34)27-18-5-4-17(26-16(18)2)13-31-8-6-30(3)7-9-31/h4-5,14-15H,6-13H2,1-3H3,(H,27,34)(H2,24,28,29). The Morgan fingerprint density at radius 2 is 1.94 bits per heavy atom. The van der Waals surface area contributed by atoms with Gasteiger partial charge in [0.05, 0.1) is 22.6 Å². The van der Waals surface area contributed by atoms with Gasteiger partial charge in [0.15, 0.2) is 10.6 Å². The van der Waals surface area contributed by atoms with Crippen LogP contribution in [0.4, 0.5) is 22.2 Å². The third kappa shape index (κ3) is 5.14. The number of piperazine rings is 2. The zero-order valence-electron chi connectivity index (χ0n) is 20.4. The Hall–Kier alpha value is -3.09. The Balaban J connectivity index is 1.20. The van der Waals surface area contributed by atoms with E-state index in [1.165, 1.54) is 11.3 Å². The number of thiazole rings is 1. The Labute approximate surface area is 209 Å². The van der Waals surface area contributed by atoms with Crippen molar-refractivity contribution < 1.29 is 4.79 Å². The quantitative estimate of drug-likeness (QED) is 0.558. The Kier molecular flexibility index (Phi) is 6.67. The zero-order chi connectivity index (χ0) is 24.5. The summed E-state index contributed by atoms with van der Waals surface area (Å²) < 4.78 is 0. The van der Waals surface area contributed by atoms with Gasteiger partial charge < -0.3 is 25.8 Å². The van der Waals surface area contributed by atoms with Crippen molar-refractivity contribution in [2.45, 2.75) is 26.4 Å². The number of likely N-dealkylation sites (N-methyl/N-ethyl adjacent to an activating group) is 1. The van der Waals surface area contributed by atoms with Gasteiger partial charge in [-0.1, -0.05) is 0 Å². The van der Waals surface area contributed by atoms with Crippen LogP contribution in [-0.4, -0.2) is 99.6 Å². The molecule has 11 nitrogen and oxygen atoms in total. The Morgan fingerprint density at radius 3 is 2.69 bits per heavy atom. The third-order valence-electron chi connectivity index (χ3n) is 6.75. The summed E-state index contributed by atoms with van der Waals surface area (Å²) in [6.07, 6.45) is 0. The van der Waals surface area contributed by atoms with E-state index in [0.29, 0.717) is 19.6 Å². The highest BCUT2D eigenvalue weighted by molar-refractivity contribution is 7.16. The molecule has 3 N–H and O–H groups in total. The second-order valence-corrected chi connectivity index (χ2v) is 10.2. The van der Waals surface area contributed by atoms with Crippen LogP contribution in [0.1, 0.15) is 18.3 Å². The predicted octanol–water partition coefficient (Wildman–Crippen LogP) is 1.86. The number of nitrogens with one attached hydrogen (secondary N) is 1. The molecule has 0 radical (unpaired) electrons. The summed E-state index contributed by atoms with van der Waals surface area (Å²) in [5.41, 5.74) is 11.0. The van der Waals surface area contributed by atoms with Gasteiger partial charge in [-0.2, -0.15) is 4.98 Å². The van der Waals surface area contributed by atoms with E-state index in [2.05, 4.69) is 48.9 Å². The van der Waals surface area contributed by atoms with E-state index in [0.717, 1.165) is 66.0 Å². The van der Waals surface area contributed by atoms with Crippen molar-refractivity contribution in [3.05, 3.63) is 29.0 Å². The fourth-order valence-corrected chi connectivity index (χ4v) is 5.34. The fourth-order valence-electron chi connectivity index (χ4n) is 4.68. The van der Waals surface area contributed by atoms with Crippen LogP contribution in [0.15, 0.2) is 17.6 Å². The maximum Gasteiger partial charge on any atom is 0.322 e. The molecule has 2 saturated heterocycles. The number of fused-ring (bicyclic) bond motifs is 1. The van der Waals surface area contributed by atoms with E-state index in [9.17, 15) is 4.79 Å². The first-order valence-electron chi connectivity index (χ1n) is 11.9. The van der Waals surface area contributed by atoms with Gasteiger partial charge in [-0.15, -0.1) is 11.3 Å². The highest BCUT2D eigenvalue weighted by Crippen LogP contribution is 2.29. The number of amides is 2. The van der Waals surface area contributed by atoms with Crippen molar-refractivity contribution >= 4 is 45.2 Å². The molecule has 12 heteroatoms. The van der Waals surface area contributed by atoms with Gasteiger partial charge in [0.1, 0.15) is 5.52 Å². The summed E-state index contributed by atoms with van der Waals surface area (Å²) in [5, 5.41) is 3.06. The lowest BCUT2D eigenvalue weighted by Gasteiger charge is -2.40. The van der Waals surface area contributed by atoms with Crippen LogP contribution in [-0.2, 0) is 6.54 Å². The van der Waals surface area contributed by atoms with Crippen LogP contribution in [0.25, 0.3) is 10.3 Å². The topological polar surface area (TPSA) is 120 Å². The zero-order valence-corrected chi connectivity index (χ0v) is 21.3. The largest absolute Gasteiger partial charge is 0.368 e. The molecule has 1 atom stereocenters. The third-order valence-corrected chi connectivity index (χ3v) is 7.47. The minimum Gasteiger partial charge on any atom is -0.368 e. The predicted molar refractivity (Wildman–Crippen MR) is 139 cm³/mol. The fraction of sp³-hybridized carbons (Fsp3) is 0.522. The van der Waals surface area contributed by atoms with Crippen molar-refractivity contribution in [2.75, 3.05) is 68.8 Å². The first-order valence-corrected chi connectivity index (χ1v) is 12.8. The molecule has 186 valence electrons. The van der Waals surface area contributed by atoms with Crippen molar-refractivity contribution in [1.82, 2.24) is 34.6 Å². The number of nitrogens with zero attached hydrogens (tertiary/aromatic N) is 8. The number of urea groups is 1. The molecule has 2 aliphatic rings. The first-order chi connectivity index (χ1) is 16.9. The van der Waals surface area contributed by atoms with E-state index in [4.69, 9.17) is 10.7 Å². The van der Waals surface area contributed by atoms with Gasteiger partial charge in [-0.3, -0.25) is 9.88 Å². The molecule has 3 aromatic rings. The summed E-state index contributed by atoms with van der Waals surface area (Å²) in [7, 11) is 2.16. The molecule has 0 spiro atoms. The lowest BCUT2D eigenvalue weighted by atomic mass is 10.2. The highest BCUT2D eigenvalue weighted by Gasteiger charge is 2.30. The van der Waals surface area contributed by atoms with Gasteiger partial charge >= 0.3 is 6.03 Å². The number of aromatic nitrogens is 4. The average Bonchev–Trinajstić information content (AvgIpc) is 3.30. The summed E-state index contributed by atoms with van der Waals surface area (Å²) in [6, 6.07) is 3.92.